The van der Waals surface area contributed by atoms with Gasteiger partial charge >= 0.3 is 5.97 Å². The topological polar surface area (TPSA) is 95.9 Å². The molecule has 2 atom stereocenters. The number of rotatable bonds is 6. The fourth-order valence-corrected chi connectivity index (χ4v) is 1.81. The van der Waals surface area contributed by atoms with E-state index < -0.39 is 12.0 Å². The summed E-state index contributed by atoms with van der Waals surface area (Å²) in [6.45, 7) is 0.397. The van der Waals surface area contributed by atoms with Gasteiger partial charge in [0.25, 0.3) is 0 Å². The van der Waals surface area contributed by atoms with Crippen molar-refractivity contribution in [3.8, 4) is 0 Å². The van der Waals surface area contributed by atoms with Crippen molar-refractivity contribution in [1.29, 1.82) is 0 Å². The number of carbonyl (C=O) groups excluding carboxylic acids is 1. The second-order valence-corrected chi connectivity index (χ2v) is 4.16. The van der Waals surface area contributed by atoms with Crippen LogP contribution in [0.3, 0.4) is 0 Å². The van der Waals surface area contributed by atoms with Crippen molar-refractivity contribution in [1.82, 2.24) is 5.32 Å². The van der Waals surface area contributed by atoms with Crippen LogP contribution in [0.15, 0.2) is 0 Å². The van der Waals surface area contributed by atoms with E-state index in [2.05, 4.69) is 5.32 Å². The molecule has 1 unspecified atom stereocenters. The molecule has 1 aliphatic heterocycles. The standard InChI is InChI=1S/C11H19NO5/c13-5-4-9(11(15)16)12-10(14)7-8-3-1-2-6-17-8/h8-9,13H,1-7H2,(H,12,14)(H,15,16)/t8?,9-/m1/s1. The highest BCUT2D eigenvalue weighted by atomic mass is 16.5. The Balaban J connectivity index is 2.33. The molecular formula is C11H19NO5. The Morgan fingerprint density at radius 2 is 2.18 bits per heavy atom. The van der Waals surface area contributed by atoms with E-state index in [1.54, 1.807) is 0 Å². The van der Waals surface area contributed by atoms with E-state index in [1.165, 1.54) is 0 Å². The van der Waals surface area contributed by atoms with Crippen LogP contribution in [0, 0.1) is 0 Å². The molecule has 0 aromatic rings. The van der Waals surface area contributed by atoms with Gasteiger partial charge < -0.3 is 20.3 Å². The Morgan fingerprint density at radius 1 is 1.41 bits per heavy atom. The van der Waals surface area contributed by atoms with Crippen molar-refractivity contribution in [2.45, 2.75) is 44.2 Å². The summed E-state index contributed by atoms with van der Waals surface area (Å²) in [4.78, 5) is 22.3. The van der Waals surface area contributed by atoms with Crippen molar-refractivity contribution in [3.05, 3.63) is 0 Å². The van der Waals surface area contributed by atoms with E-state index in [1.807, 2.05) is 0 Å². The molecule has 0 aliphatic carbocycles. The van der Waals surface area contributed by atoms with Gasteiger partial charge in [0.2, 0.25) is 5.91 Å². The Hall–Kier alpha value is -1.14. The summed E-state index contributed by atoms with van der Waals surface area (Å²) in [6, 6.07) is -1.02. The van der Waals surface area contributed by atoms with Crippen LogP contribution < -0.4 is 5.32 Å². The molecule has 1 aliphatic rings. The molecule has 1 fully saturated rings. The molecule has 0 radical (unpaired) electrons. The Bertz CT molecular complexity index is 263. The smallest absolute Gasteiger partial charge is 0.326 e. The Morgan fingerprint density at radius 3 is 2.71 bits per heavy atom. The second kappa shape index (κ2) is 7.24. The van der Waals surface area contributed by atoms with E-state index in [0.29, 0.717) is 6.61 Å². The molecule has 98 valence electrons. The average molecular weight is 245 g/mol. The third-order valence-electron chi connectivity index (χ3n) is 2.74. The number of hydrogen-bond acceptors (Lipinski definition) is 4. The first kappa shape index (κ1) is 13.9. The molecular weight excluding hydrogens is 226 g/mol. The molecule has 0 bridgehead atoms. The molecule has 0 aromatic carbocycles. The van der Waals surface area contributed by atoms with Crippen molar-refractivity contribution in [2.24, 2.45) is 0 Å². The third kappa shape index (κ3) is 5.14. The van der Waals surface area contributed by atoms with Gasteiger partial charge in [-0.1, -0.05) is 0 Å². The number of carboxylic acids is 1. The average Bonchev–Trinajstić information content (AvgIpc) is 2.29. The van der Waals surface area contributed by atoms with Gasteiger partial charge in [-0.3, -0.25) is 4.79 Å². The molecule has 0 saturated carbocycles. The summed E-state index contributed by atoms with van der Waals surface area (Å²) in [7, 11) is 0. The van der Waals surface area contributed by atoms with Crippen LogP contribution in [0.4, 0.5) is 0 Å². The highest BCUT2D eigenvalue weighted by Gasteiger charge is 2.22. The number of aliphatic hydroxyl groups is 1. The van der Waals surface area contributed by atoms with Gasteiger partial charge in [-0.15, -0.1) is 0 Å². The second-order valence-electron chi connectivity index (χ2n) is 4.16. The SMILES string of the molecule is O=C(CC1CCCCO1)N[C@H](CCO)C(=O)O. The predicted octanol–water partition coefficient (Wildman–Crippen LogP) is -0.103. The van der Waals surface area contributed by atoms with E-state index in [9.17, 15) is 9.59 Å². The summed E-state index contributed by atoms with van der Waals surface area (Å²) >= 11 is 0. The first-order chi connectivity index (χ1) is 8.13. The molecule has 1 saturated heterocycles. The van der Waals surface area contributed by atoms with Crippen molar-refractivity contribution in [3.63, 3.8) is 0 Å². The largest absolute Gasteiger partial charge is 0.480 e. The number of carbonyl (C=O) groups is 2. The van der Waals surface area contributed by atoms with E-state index in [0.717, 1.165) is 19.3 Å². The molecule has 1 amide bonds. The quantitative estimate of drug-likeness (QED) is 0.607. The lowest BCUT2D eigenvalue weighted by Gasteiger charge is -2.22. The number of ether oxygens (including phenoxy) is 1. The van der Waals surface area contributed by atoms with Gasteiger partial charge in [-0.25, -0.2) is 4.79 Å². The zero-order chi connectivity index (χ0) is 12.7. The van der Waals surface area contributed by atoms with Crippen LogP contribution in [-0.2, 0) is 14.3 Å². The zero-order valence-electron chi connectivity index (χ0n) is 9.72. The van der Waals surface area contributed by atoms with Crippen LogP contribution in [0.1, 0.15) is 32.1 Å². The first-order valence-electron chi connectivity index (χ1n) is 5.88. The van der Waals surface area contributed by atoms with Gasteiger partial charge in [-0.2, -0.15) is 0 Å². The third-order valence-corrected chi connectivity index (χ3v) is 2.74. The number of carboxylic acid groups (broad SMARTS) is 1. The molecule has 0 aromatic heterocycles. The maximum absolute atomic E-state index is 11.6. The molecule has 1 heterocycles. The minimum atomic E-state index is -1.13. The molecule has 1 rings (SSSR count). The number of amides is 1. The molecule has 6 heteroatoms. The van der Waals surface area contributed by atoms with Crippen LogP contribution in [0.25, 0.3) is 0 Å². The first-order valence-corrected chi connectivity index (χ1v) is 5.88. The lowest BCUT2D eigenvalue weighted by atomic mass is 10.1. The summed E-state index contributed by atoms with van der Waals surface area (Å²) in [6.07, 6.45) is 3.00. The van der Waals surface area contributed by atoms with E-state index >= 15 is 0 Å². The zero-order valence-corrected chi connectivity index (χ0v) is 9.72. The molecule has 3 N–H and O–H groups in total. The molecule has 17 heavy (non-hydrogen) atoms. The normalized spacial score (nSPS) is 21.8. The van der Waals surface area contributed by atoms with Crippen molar-refractivity contribution < 1.29 is 24.5 Å². The summed E-state index contributed by atoms with van der Waals surface area (Å²) < 4.78 is 5.39. The maximum atomic E-state index is 11.6. The van der Waals surface area contributed by atoms with Gasteiger partial charge in [-0.05, 0) is 19.3 Å². The lowest BCUT2D eigenvalue weighted by Crippen LogP contribution is -2.42. The minimum absolute atomic E-state index is 0.0204. The van der Waals surface area contributed by atoms with Crippen molar-refractivity contribution in [2.75, 3.05) is 13.2 Å². The highest BCUT2D eigenvalue weighted by molar-refractivity contribution is 5.83. The van der Waals surface area contributed by atoms with Crippen LogP contribution in [0.2, 0.25) is 0 Å². The summed E-state index contributed by atoms with van der Waals surface area (Å²) in [5, 5.41) is 19.9. The maximum Gasteiger partial charge on any atom is 0.326 e. The van der Waals surface area contributed by atoms with E-state index in [-0.39, 0.29) is 31.5 Å². The number of nitrogens with one attached hydrogen (secondary N) is 1. The van der Waals surface area contributed by atoms with Crippen LogP contribution in [-0.4, -0.2) is 47.4 Å². The summed E-state index contributed by atoms with van der Waals surface area (Å²) in [5.41, 5.74) is 0. The Kier molecular flexibility index (Phi) is 5.93. The minimum Gasteiger partial charge on any atom is -0.480 e. The van der Waals surface area contributed by atoms with Crippen molar-refractivity contribution >= 4 is 11.9 Å². The lowest BCUT2D eigenvalue weighted by molar-refractivity contribution is -0.142. The summed E-state index contributed by atoms with van der Waals surface area (Å²) in [5.74, 6) is -1.46. The van der Waals surface area contributed by atoms with Gasteiger partial charge in [0.1, 0.15) is 6.04 Å². The highest BCUT2D eigenvalue weighted by Crippen LogP contribution is 2.15. The van der Waals surface area contributed by atoms with Crippen LogP contribution >= 0.6 is 0 Å². The van der Waals surface area contributed by atoms with Gasteiger partial charge in [0.05, 0.1) is 12.5 Å². The number of aliphatic hydroxyl groups excluding tert-OH is 1. The fourth-order valence-electron chi connectivity index (χ4n) is 1.81. The van der Waals surface area contributed by atoms with Crippen LogP contribution in [0.5, 0.6) is 0 Å². The predicted molar refractivity (Wildman–Crippen MR) is 59.5 cm³/mol. The molecule has 6 nitrogen and oxygen atoms in total. The number of aliphatic carboxylic acids is 1. The van der Waals surface area contributed by atoms with Gasteiger partial charge in [0.15, 0.2) is 0 Å². The van der Waals surface area contributed by atoms with E-state index in [4.69, 9.17) is 14.9 Å². The monoisotopic (exact) mass is 245 g/mol. The fraction of sp³-hybridized carbons (Fsp3) is 0.818. The number of hydrogen-bond donors (Lipinski definition) is 3. The molecule has 0 spiro atoms. The Labute approximate surface area is 100.0 Å². The van der Waals surface area contributed by atoms with Gasteiger partial charge in [0, 0.05) is 19.6 Å².